The molecule has 1 fully saturated rings. The molecule has 1 aliphatic carbocycles. The molecule has 4 rings (SSSR count). The van der Waals surface area contributed by atoms with Crippen molar-refractivity contribution in [2.24, 2.45) is 0 Å². The number of rotatable bonds is 5. The van der Waals surface area contributed by atoms with E-state index < -0.39 is 10.3 Å². The summed E-state index contributed by atoms with van der Waals surface area (Å²) in [5.41, 5.74) is 1.14. The molecular weight excluding hydrogens is 386 g/mol. The van der Waals surface area contributed by atoms with Crippen LogP contribution in [0.1, 0.15) is 36.0 Å². The van der Waals surface area contributed by atoms with Gasteiger partial charge in [0.05, 0.1) is 16.9 Å². The fraction of sp³-hybridized carbons (Fsp3) is 0.350. The van der Waals surface area contributed by atoms with Crippen LogP contribution in [-0.2, 0) is 32.9 Å². The Morgan fingerprint density at radius 2 is 2.00 bits per heavy atom. The van der Waals surface area contributed by atoms with Gasteiger partial charge in [-0.3, -0.25) is 14.9 Å². The minimum Gasteiger partial charge on any atom is -0.467 e. The highest BCUT2D eigenvalue weighted by atomic mass is 35.5. The summed E-state index contributed by atoms with van der Waals surface area (Å²) in [6, 6.07) is 10.0. The summed E-state index contributed by atoms with van der Waals surface area (Å²) in [7, 11) is 0. The van der Waals surface area contributed by atoms with E-state index in [-0.39, 0.29) is 31.7 Å². The smallest absolute Gasteiger partial charge is 0.316 e. The van der Waals surface area contributed by atoms with Crippen LogP contribution >= 0.6 is 11.6 Å². The Kier molecular flexibility index (Phi) is 4.95. The molecule has 2 aliphatic rings. The highest BCUT2D eigenvalue weighted by Crippen LogP contribution is 2.45. The summed E-state index contributed by atoms with van der Waals surface area (Å²) in [6.07, 6.45) is 2.33. The van der Waals surface area contributed by atoms with Gasteiger partial charge in [-0.2, -0.15) is 0 Å². The zero-order valence-electron chi connectivity index (χ0n) is 15.0. The van der Waals surface area contributed by atoms with Crippen LogP contribution in [-0.4, -0.2) is 17.7 Å². The molecule has 8 heteroatoms. The third-order valence-electron chi connectivity index (χ3n) is 5.34. The van der Waals surface area contributed by atoms with Gasteiger partial charge in [0.1, 0.15) is 12.4 Å². The number of hydrogen-bond donors (Lipinski definition) is 0. The Bertz CT molecular complexity index is 923. The summed E-state index contributed by atoms with van der Waals surface area (Å²) in [5, 5.41) is 11.8. The Morgan fingerprint density at radius 1 is 1.25 bits per heavy atom. The first-order valence-electron chi connectivity index (χ1n) is 8.94. The number of esters is 1. The van der Waals surface area contributed by atoms with Gasteiger partial charge in [0.15, 0.2) is 6.79 Å². The van der Waals surface area contributed by atoms with Gasteiger partial charge in [0, 0.05) is 28.3 Å². The largest absolute Gasteiger partial charge is 0.467 e. The number of carbonyl (C=O) groups is 1. The normalized spacial score (nSPS) is 17.0. The number of carbonyl (C=O) groups excluding carboxylic acids is 1. The molecule has 0 radical (unpaired) electrons. The van der Waals surface area contributed by atoms with Crippen LogP contribution in [0.3, 0.4) is 0 Å². The Balaban J connectivity index is 1.57. The van der Waals surface area contributed by atoms with Gasteiger partial charge in [-0.25, -0.2) is 0 Å². The molecule has 7 nitrogen and oxygen atoms in total. The second-order valence-electron chi connectivity index (χ2n) is 6.98. The van der Waals surface area contributed by atoms with Crippen LogP contribution < -0.4 is 4.74 Å². The molecule has 0 unspecified atom stereocenters. The van der Waals surface area contributed by atoms with Crippen molar-refractivity contribution in [2.75, 3.05) is 6.79 Å². The lowest BCUT2D eigenvalue weighted by molar-refractivity contribution is -0.385. The molecule has 0 saturated heterocycles. The number of nitro groups is 1. The van der Waals surface area contributed by atoms with Crippen LogP contribution in [0.5, 0.6) is 5.75 Å². The molecule has 0 N–H and O–H groups in total. The SMILES string of the molecule is O=C(OCc1cc([N+](=O)[O-])cc2c1OCOC2)C1(c2ccc(Cl)cc2)CCC1. The first-order valence-corrected chi connectivity index (χ1v) is 9.31. The van der Waals surface area contributed by atoms with E-state index in [1.54, 1.807) is 12.1 Å². The summed E-state index contributed by atoms with van der Waals surface area (Å²) >= 11 is 5.96. The van der Waals surface area contributed by atoms with Gasteiger partial charge in [-0.1, -0.05) is 30.2 Å². The molecule has 0 aromatic heterocycles. The second-order valence-corrected chi connectivity index (χ2v) is 7.42. The summed E-state index contributed by atoms with van der Waals surface area (Å²) in [5.74, 6) is 0.146. The number of fused-ring (bicyclic) bond motifs is 1. The first kappa shape index (κ1) is 18.7. The van der Waals surface area contributed by atoms with Gasteiger partial charge in [0.25, 0.3) is 5.69 Å². The minimum atomic E-state index is -0.685. The topological polar surface area (TPSA) is 87.9 Å². The van der Waals surface area contributed by atoms with Crippen LogP contribution in [0.15, 0.2) is 36.4 Å². The number of nitro benzene ring substituents is 1. The summed E-state index contributed by atoms with van der Waals surface area (Å²) < 4.78 is 16.3. The number of hydrogen-bond acceptors (Lipinski definition) is 6. The van der Waals surface area contributed by atoms with E-state index in [1.165, 1.54) is 12.1 Å². The van der Waals surface area contributed by atoms with E-state index in [4.69, 9.17) is 25.8 Å². The standard InChI is InChI=1S/C20H18ClNO6/c21-16-4-2-15(3-5-16)20(6-1-7-20)19(23)27-11-14-9-17(22(24)25)8-13-10-26-12-28-18(13)14/h2-5,8-9H,1,6-7,10-12H2. The van der Waals surface area contributed by atoms with Gasteiger partial charge >= 0.3 is 5.97 Å². The Morgan fingerprint density at radius 3 is 2.64 bits per heavy atom. The van der Waals surface area contributed by atoms with E-state index in [2.05, 4.69) is 0 Å². The maximum absolute atomic E-state index is 12.9. The Labute approximate surface area is 166 Å². The third kappa shape index (κ3) is 3.31. The molecule has 0 spiro atoms. The average molecular weight is 404 g/mol. The van der Waals surface area contributed by atoms with Crippen molar-refractivity contribution in [2.45, 2.75) is 37.9 Å². The molecular formula is C20H18ClNO6. The van der Waals surface area contributed by atoms with E-state index >= 15 is 0 Å². The number of halogens is 1. The monoisotopic (exact) mass is 403 g/mol. The summed E-state index contributed by atoms with van der Waals surface area (Å²) in [4.78, 5) is 23.7. The van der Waals surface area contributed by atoms with Gasteiger partial charge in [-0.15, -0.1) is 0 Å². The molecule has 1 heterocycles. The lowest BCUT2D eigenvalue weighted by atomic mass is 9.64. The first-order chi connectivity index (χ1) is 13.5. The molecule has 1 aliphatic heterocycles. The van der Waals surface area contributed by atoms with E-state index in [9.17, 15) is 14.9 Å². The van der Waals surface area contributed by atoms with Gasteiger partial charge in [0.2, 0.25) is 0 Å². The van der Waals surface area contributed by atoms with Crippen molar-refractivity contribution in [3.63, 3.8) is 0 Å². The predicted molar refractivity (Wildman–Crippen MR) is 100 cm³/mol. The highest BCUT2D eigenvalue weighted by Gasteiger charge is 2.47. The average Bonchev–Trinajstić information content (AvgIpc) is 2.66. The van der Waals surface area contributed by atoms with E-state index in [0.717, 1.165) is 12.0 Å². The summed E-state index contributed by atoms with van der Waals surface area (Å²) in [6.45, 7) is 0.172. The molecule has 28 heavy (non-hydrogen) atoms. The van der Waals surface area contributed by atoms with Crippen molar-refractivity contribution in [1.82, 2.24) is 0 Å². The molecule has 0 bridgehead atoms. The zero-order valence-corrected chi connectivity index (χ0v) is 15.7. The molecule has 1 saturated carbocycles. The number of nitrogens with zero attached hydrogens (tertiary/aromatic N) is 1. The van der Waals surface area contributed by atoms with Crippen LogP contribution in [0, 0.1) is 10.1 Å². The molecule has 0 atom stereocenters. The molecule has 2 aromatic carbocycles. The minimum absolute atomic E-state index is 0.0560. The van der Waals surface area contributed by atoms with Crippen molar-refractivity contribution in [1.29, 1.82) is 0 Å². The Hall–Kier alpha value is -2.64. The number of non-ortho nitro benzene ring substituents is 1. The van der Waals surface area contributed by atoms with Crippen LogP contribution in [0.4, 0.5) is 5.69 Å². The number of ether oxygens (including phenoxy) is 3. The predicted octanol–water partition coefficient (Wildman–Crippen LogP) is 4.28. The maximum Gasteiger partial charge on any atom is 0.316 e. The van der Waals surface area contributed by atoms with Crippen molar-refractivity contribution in [3.05, 3.63) is 68.2 Å². The quantitative estimate of drug-likeness (QED) is 0.420. The molecule has 2 aromatic rings. The fourth-order valence-electron chi connectivity index (χ4n) is 3.68. The maximum atomic E-state index is 12.9. The second kappa shape index (κ2) is 7.41. The van der Waals surface area contributed by atoms with Crippen molar-refractivity contribution in [3.8, 4) is 5.75 Å². The fourth-order valence-corrected chi connectivity index (χ4v) is 3.81. The number of benzene rings is 2. The van der Waals surface area contributed by atoms with Gasteiger partial charge in [-0.05, 0) is 30.5 Å². The molecule has 146 valence electrons. The van der Waals surface area contributed by atoms with Gasteiger partial charge < -0.3 is 14.2 Å². The van der Waals surface area contributed by atoms with E-state index in [1.807, 2.05) is 12.1 Å². The zero-order chi connectivity index (χ0) is 19.7. The van der Waals surface area contributed by atoms with Crippen molar-refractivity contribution >= 4 is 23.3 Å². The van der Waals surface area contributed by atoms with Crippen LogP contribution in [0.2, 0.25) is 5.02 Å². The van der Waals surface area contributed by atoms with Crippen LogP contribution in [0.25, 0.3) is 0 Å². The third-order valence-corrected chi connectivity index (χ3v) is 5.59. The highest BCUT2D eigenvalue weighted by molar-refractivity contribution is 6.30. The lowest BCUT2D eigenvalue weighted by Crippen LogP contribution is -2.43. The molecule has 0 amide bonds. The van der Waals surface area contributed by atoms with Crippen molar-refractivity contribution < 1.29 is 23.9 Å². The lowest BCUT2D eigenvalue weighted by Gasteiger charge is -2.39. The van der Waals surface area contributed by atoms with E-state index in [0.29, 0.717) is 34.7 Å².